The maximum Gasteiger partial charge on any atom is 0.244 e. The molecular formula is C14H22N2O3S. The summed E-state index contributed by atoms with van der Waals surface area (Å²) in [4.78, 5) is 0.293. The summed E-state index contributed by atoms with van der Waals surface area (Å²) in [5, 5.41) is 9.35. The lowest BCUT2D eigenvalue weighted by atomic mass is 10.1. The Bertz CT molecular complexity index is 626. The predicted octanol–water partition coefficient (Wildman–Crippen LogP) is 1.34. The predicted molar refractivity (Wildman–Crippen MR) is 79.1 cm³/mol. The topological polar surface area (TPSA) is 83.6 Å². The zero-order valence-corrected chi connectivity index (χ0v) is 13.0. The van der Waals surface area contributed by atoms with Gasteiger partial charge in [0, 0.05) is 18.3 Å². The first-order valence-corrected chi connectivity index (χ1v) is 8.23. The standard InChI is InChI=1S/C14H22N2O3S/c1-9-7-10(2)14(11(3)13(9)15)20(18,19)16-6-4-5-12(16)8-17/h7,12,17H,4-6,8,15H2,1-3H3/t12-/m0/s1. The summed E-state index contributed by atoms with van der Waals surface area (Å²) >= 11 is 0. The van der Waals surface area contributed by atoms with E-state index in [-0.39, 0.29) is 12.6 Å². The molecule has 0 amide bonds. The second-order valence-corrected chi connectivity index (χ2v) is 7.30. The average molecular weight is 298 g/mol. The number of rotatable bonds is 3. The average Bonchev–Trinajstić information content (AvgIpc) is 2.84. The number of benzene rings is 1. The molecule has 1 fully saturated rings. The molecule has 6 heteroatoms. The van der Waals surface area contributed by atoms with Crippen LogP contribution in [0.3, 0.4) is 0 Å². The van der Waals surface area contributed by atoms with E-state index in [0.29, 0.717) is 34.7 Å². The molecule has 1 aliphatic rings. The number of nitrogens with zero attached hydrogens (tertiary/aromatic N) is 1. The number of aryl methyl sites for hydroxylation is 2. The molecule has 3 N–H and O–H groups in total. The lowest BCUT2D eigenvalue weighted by Gasteiger charge is -2.25. The monoisotopic (exact) mass is 298 g/mol. The molecule has 0 unspecified atom stereocenters. The van der Waals surface area contributed by atoms with Crippen molar-refractivity contribution in [1.82, 2.24) is 4.31 Å². The molecule has 0 aromatic heterocycles. The molecule has 1 aromatic carbocycles. The van der Waals surface area contributed by atoms with Crippen LogP contribution in [0.2, 0.25) is 0 Å². The fourth-order valence-corrected chi connectivity index (χ4v) is 5.14. The molecule has 20 heavy (non-hydrogen) atoms. The molecule has 1 saturated heterocycles. The highest BCUT2D eigenvalue weighted by molar-refractivity contribution is 7.89. The van der Waals surface area contributed by atoms with Crippen molar-refractivity contribution in [1.29, 1.82) is 0 Å². The highest BCUT2D eigenvalue weighted by atomic mass is 32.2. The van der Waals surface area contributed by atoms with Crippen LogP contribution < -0.4 is 5.73 Å². The number of anilines is 1. The minimum atomic E-state index is -3.61. The molecule has 1 atom stereocenters. The summed E-state index contributed by atoms with van der Waals surface area (Å²) in [5.41, 5.74) is 8.70. The molecule has 1 aromatic rings. The van der Waals surface area contributed by atoms with Crippen LogP contribution in [0.4, 0.5) is 5.69 Å². The van der Waals surface area contributed by atoms with Crippen LogP contribution in [0.15, 0.2) is 11.0 Å². The van der Waals surface area contributed by atoms with Gasteiger partial charge in [-0.15, -0.1) is 0 Å². The summed E-state index contributed by atoms with van der Waals surface area (Å²) in [5.74, 6) is 0. The molecule has 0 saturated carbocycles. The van der Waals surface area contributed by atoms with Gasteiger partial charge in [0.25, 0.3) is 0 Å². The molecule has 0 aliphatic carbocycles. The Kier molecular flexibility index (Phi) is 4.09. The van der Waals surface area contributed by atoms with Crippen LogP contribution in [0, 0.1) is 20.8 Å². The molecule has 0 spiro atoms. The number of aliphatic hydroxyl groups excluding tert-OH is 1. The van der Waals surface area contributed by atoms with Crippen molar-refractivity contribution < 1.29 is 13.5 Å². The molecule has 2 rings (SSSR count). The lowest BCUT2D eigenvalue weighted by molar-refractivity contribution is 0.213. The first-order chi connectivity index (χ1) is 9.30. The van der Waals surface area contributed by atoms with Crippen molar-refractivity contribution in [3.05, 3.63) is 22.8 Å². The van der Waals surface area contributed by atoms with E-state index in [0.717, 1.165) is 12.0 Å². The Balaban J connectivity index is 2.58. The number of nitrogen functional groups attached to an aromatic ring is 1. The molecule has 0 bridgehead atoms. The number of nitrogens with two attached hydrogens (primary N) is 1. The highest BCUT2D eigenvalue weighted by Gasteiger charge is 2.36. The molecular weight excluding hydrogens is 276 g/mol. The SMILES string of the molecule is Cc1cc(C)c(S(=O)(=O)N2CCC[C@H]2CO)c(C)c1N. The third kappa shape index (κ3) is 2.32. The van der Waals surface area contributed by atoms with Gasteiger partial charge >= 0.3 is 0 Å². The van der Waals surface area contributed by atoms with Crippen LogP contribution >= 0.6 is 0 Å². The Morgan fingerprint density at radius 1 is 1.35 bits per heavy atom. The van der Waals surface area contributed by atoms with Gasteiger partial charge in [0.15, 0.2) is 0 Å². The van der Waals surface area contributed by atoms with Gasteiger partial charge in [-0.2, -0.15) is 4.31 Å². The fourth-order valence-electron chi connectivity index (χ4n) is 3.00. The largest absolute Gasteiger partial charge is 0.398 e. The quantitative estimate of drug-likeness (QED) is 0.825. The smallest absolute Gasteiger partial charge is 0.244 e. The summed E-state index contributed by atoms with van der Waals surface area (Å²) in [6.07, 6.45) is 1.49. The van der Waals surface area contributed by atoms with Crippen molar-refractivity contribution in [3.8, 4) is 0 Å². The minimum absolute atomic E-state index is 0.140. The summed E-state index contributed by atoms with van der Waals surface area (Å²) in [6, 6.07) is 1.49. The number of sulfonamides is 1. The summed E-state index contributed by atoms with van der Waals surface area (Å²) in [7, 11) is -3.61. The maximum absolute atomic E-state index is 12.9. The van der Waals surface area contributed by atoms with E-state index in [1.165, 1.54) is 4.31 Å². The third-order valence-electron chi connectivity index (χ3n) is 4.06. The number of aliphatic hydroxyl groups is 1. The van der Waals surface area contributed by atoms with Crippen LogP contribution in [-0.4, -0.2) is 37.0 Å². The van der Waals surface area contributed by atoms with E-state index in [1.54, 1.807) is 19.9 Å². The van der Waals surface area contributed by atoms with Gasteiger partial charge in [-0.1, -0.05) is 6.07 Å². The van der Waals surface area contributed by atoms with Crippen LogP contribution in [0.25, 0.3) is 0 Å². The Morgan fingerprint density at radius 2 is 2.00 bits per heavy atom. The Morgan fingerprint density at radius 3 is 2.60 bits per heavy atom. The summed E-state index contributed by atoms with van der Waals surface area (Å²) in [6.45, 7) is 5.72. The molecule has 5 nitrogen and oxygen atoms in total. The number of hydrogen-bond donors (Lipinski definition) is 2. The fraction of sp³-hybridized carbons (Fsp3) is 0.571. The van der Waals surface area contributed by atoms with E-state index in [9.17, 15) is 13.5 Å². The van der Waals surface area contributed by atoms with Gasteiger partial charge in [0.05, 0.1) is 11.5 Å². The normalized spacial score (nSPS) is 20.5. The van der Waals surface area contributed by atoms with Crippen molar-refractivity contribution in [2.75, 3.05) is 18.9 Å². The summed E-state index contributed by atoms with van der Waals surface area (Å²) < 4.78 is 27.2. The van der Waals surface area contributed by atoms with Gasteiger partial charge in [-0.05, 0) is 50.3 Å². The van der Waals surface area contributed by atoms with Gasteiger partial charge in [-0.3, -0.25) is 0 Å². The molecule has 112 valence electrons. The molecule has 1 heterocycles. The van der Waals surface area contributed by atoms with Gasteiger partial charge in [0.2, 0.25) is 10.0 Å². The van der Waals surface area contributed by atoms with Gasteiger partial charge < -0.3 is 10.8 Å². The Labute approximate surface area is 120 Å². The second-order valence-electron chi connectivity index (χ2n) is 5.47. The van der Waals surface area contributed by atoms with Crippen LogP contribution in [0.1, 0.15) is 29.5 Å². The molecule has 1 aliphatic heterocycles. The Hall–Kier alpha value is -1.11. The van der Waals surface area contributed by atoms with E-state index in [4.69, 9.17) is 5.73 Å². The van der Waals surface area contributed by atoms with E-state index < -0.39 is 10.0 Å². The van der Waals surface area contributed by atoms with Crippen molar-refractivity contribution >= 4 is 15.7 Å². The van der Waals surface area contributed by atoms with Crippen LogP contribution in [0.5, 0.6) is 0 Å². The number of hydrogen-bond acceptors (Lipinski definition) is 4. The van der Waals surface area contributed by atoms with Crippen molar-refractivity contribution in [3.63, 3.8) is 0 Å². The minimum Gasteiger partial charge on any atom is -0.398 e. The van der Waals surface area contributed by atoms with E-state index in [2.05, 4.69) is 0 Å². The zero-order valence-electron chi connectivity index (χ0n) is 12.2. The van der Waals surface area contributed by atoms with Crippen molar-refractivity contribution in [2.45, 2.75) is 44.6 Å². The lowest BCUT2D eigenvalue weighted by Crippen LogP contribution is -2.38. The second kappa shape index (κ2) is 5.35. The van der Waals surface area contributed by atoms with E-state index in [1.807, 2.05) is 6.92 Å². The molecule has 0 radical (unpaired) electrons. The first-order valence-electron chi connectivity index (χ1n) is 6.79. The third-order valence-corrected chi connectivity index (χ3v) is 6.30. The van der Waals surface area contributed by atoms with Gasteiger partial charge in [0.1, 0.15) is 0 Å². The van der Waals surface area contributed by atoms with E-state index >= 15 is 0 Å². The first kappa shape index (κ1) is 15.3. The van der Waals surface area contributed by atoms with Gasteiger partial charge in [-0.25, -0.2) is 8.42 Å². The van der Waals surface area contributed by atoms with Crippen LogP contribution in [-0.2, 0) is 10.0 Å². The maximum atomic E-state index is 12.9. The van der Waals surface area contributed by atoms with Crippen molar-refractivity contribution in [2.24, 2.45) is 0 Å². The zero-order chi connectivity index (χ0) is 15.1. The highest BCUT2D eigenvalue weighted by Crippen LogP contribution is 2.33.